The van der Waals surface area contributed by atoms with Gasteiger partial charge in [-0.1, -0.05) is 24.3 Å². The van der Waals surface area contributed by atoms with Crippen LogP contribution in [-0.2, 0) is 14.8 Å². The van der Waals surface area contributed by atoms with Crippen molar-refractivity contribution in [3.05, 3.63) is 54.1 Å². The zero-order chi connectivity index (χ0) is 19.4. The second-order valence-electron chi connectivity index (χ2n) is 6.32. The van der Waals surface area contributed by atoms with Crippen molar-refractivity contribution in [2.45, 2.75) is 13.0 Å². The van der Waals surface area contributed by atoms with E-state index in [1.165, 1.54) is 4.31 Å². The van der Waals surface area contributed by atoms with E-state index in [-0.39, 0.29) is 19.0 Å². The second-order valence-corrected chi connectivity index (χ2v) is 8.23. The van der Waals surface area contributed by atoms with Gasteiger partial charge in [-0.2, -0.15) is 0 Å². The minimum absolute atomic E-state index is 0.0690. The van der Waals surface area contributed by atoms with E-state index in [0.29, 0.717) is 18.0 Å². The van der Waals surface area contributed by atoms with Crippen molar-refractivity contribution in [2.75, 3.05) is 30.3 Å². The molecule has 1 atom stereocenters. The Bertz CT molecular complexity index is 929. The first-order valence-electron chi connectivity index (χ1n) is 8.55. The third kappa shape index (κ3) is 4.71. The van der Waals surface area contributed by atoms with Crippen molar-refractivity contribution in [1.82, 2.24) is 5.32 Å². The average Bonchev–Trinajstić information content (AvgIpc) is 2.63. The van der Waals surface area contributed by atoms with Crippen LogP contribution in [0.15, 0.2) is 48.5 Å². The first-order valence-corrected chi connectivity index (χ1v) is 10.4. The summed E-state index contributed by atoms with van der Waals surface area (Å²) < 4.78 is 36.6. The lowest BCUT2D eigenvalue weighted by Crippen LogP contribution is -2.51. The highest BCUT2D eigenvalue weighted by atomic mass is 32.2. The van der Waals surface area contributed by atoms with Crippen molar-refractivity contribution in [2.24, 2.45) is 0 Å². The monoisotopic (exact) mass is 390 g/mol. The number of rotatable bonds is 6. The Morgan fingerprint density at radius 2 is 2.04 bits per heavy atom. The summed E-state index contributed by atoms with van der Waals surface area (Å²) in [5.74, 6) is 0.715. The molecular weight excluding hydrogens is 368 g/mol. The van der Waals surface area contributed by atoms with Crippen LogP contribution in [0.2, 0.25) is 0 Å². The lowest BCUT2D eigenvalue weighted by atomic mass is 10.2. The SMILES string of the molecule is Cc1cccc(OCCNC(=O)C2CN(S(C)(=O)=O)c3ccccc3O2)c1. The molecule has 1 aliphatic rings. The molecule has 0 bridgehead atoms. The van der Waals surface area contributed by atoms with E-state index in [1.807, 2.05) is 31.2 Å². The minimum atomic E-state index is -3.52. The largest absolute Gasteiger partial charge is 0.492 e. The standard InChI is InChI=1S/C19H22N2O5S/c1-14-6-5-7-15(12-14)25-11-10-20-19(22)18-13-21(27(2,23)24)16-8-3-4-9-17(16)26-18/h3-9,12,18H,10-11,13H2,1-2H3,(H,20,22). The second kappa shape index (κ2) is 7.87. The number of nitrogens with zero attached hydrogens (tertiary/aromatic N) is 1. The van der Waals surface area contributed by atoms with Crippen molar-refractivity contribution in [3.8, 4) is 11.5 Å². The van der Waals surface area contributed by atoms with Crippen LogP contribution < -0.4 is 19.1 Å². The zero-order valence-corrected chi connectivity index (χ0v) is 16.0. The molecule has 1 N–H and O–H groups in total. The fourth-order valence-corrected chi connectivity index (χ4v) is 3.73. The molecule has 0 aliphatic carbocycles. The molecule has 0 spiro atoms. The number of para-hydroxylation sites is 2. The van der Waals surface area contributed by atoms with Gasteiger partial charge in [0.2, 0.25) is 10.0 Å². The number of ether oxygens (including phenoxy) is 2. The molecule has 2 aromatic rings. The number of nitrogens with one attached hydrogen (secondary N) is 1. The first-order chi connectivity index (χ1) is 12.8. The van der Waals surface area contributed by atoms with Crippen LogP contribution in [-0.4, -0.2) is 46.4 Å². The summed E-state index contributed by atoms with van der Waals surface area (Å²) in [6.45, 7) is 2.49. The van der Waals surface area contributed by atoms with Gasteiger partial charge in [0.25, 0.3) is 5.91 Å². The molecule has 1 aliphatic heterocycles. The molecule has 27 heavy (non-hydrogen) atoms. The molecule has 1 heterocycles. The van der Waals surface area contributed by atoms with Crippen LogP contribution in [0.5, 0.6) is 11.5 Å². The Morgan fingerprint density at radius 1 is 1.26 bits per heavy atom. The number of fused-ring (bicyclic) bond motifs is 1. The number of amides is 1. The summed E-state index contributed by atoms with van der Waals surface area (Å²) >= 11 is 0. The van der Waals surface area contributed by atoms with Crippen LogP contribution in [0.25, 0.3) is 0 Å². The number of benzene rings is 2. The predicted octanol–water partition coefficient (Wildman–Crippen LogP) is 1.72. The van der Waals surface area contributed by atoms with Crippen LogP contribution in [0.4, 0.5) is 5.69 Å². The van der Waals surface area contributed by atoms with Crippen molar-refractivity contribution < 1.29 is 22.7 Å². The molecule has 0 aromatic heterocycles. The average molecular weight is 390 g/mol. The van der Waals surface area contributed by atoms with Gasteiger partial charge < -0.3 is 14.8 Å². The molecule has 3 rings (SSSR count). The van der Waals surface area contributed by atoms with Gasteiger partial charge >= 0.3 is 0 Å². The molecule has 1 amide bonds. The van der Waals surface area contributed by atoms with E-state index in [0.717, 1.165) is 17.6 Å². The van der Waals surface area contributed by atoms with Crippen LogP contribution in [0, 0.1) is 6.92 Å². The summed E-state index contributed by atoms with van der Waals surface area (Å²) in [5, 5.41) is 2.73. The summed E-state index contributed by atoms with van der Waals surface area (Å²) in [6, 6.07) is 14.4. The number of aryl methyl sites for hydroxylation is 1. The number of hydrogen-bond donors (Lipinski definition) is 1. The Balaban J connectivity index is 1.59. The quantitative estimate of drug-likeness (QED) is 0.759. The fraction of sp³-hybridized carbons (Fsp3) is 0.316. The maximum absolute atomic E-state index is 12.4. The van der Waals surface area contributed by atoms with E-state index >= 15 is 0 Å². The normalized spacial score (nSPS) is 16.2. The molecule has 2 aromatic carbocycles. The smallest absolute Gasteiger partial charge is 0.263 e. The minimum Gasteiger partial charge on any atom is -0.492 e. The Hall–Kier alpha value is -2.74. The van der Waals surface area contributed by atoms with Gasteiger partial charge in [0.15, 0.2) is 6.10 Å². The molecule has 1 unspecified atom stereocenters. The Labute approximate surface area is 158 Å². The van der Waals surface area contributed by atoms with Crippen molar-refractivity contribution in [1.29, 1.82) is 0 Å². The van der Waals surface area contributed by atoms with Gasteiger partial charge in [0.1, 0.15) is 18.1 Å². The maximum Gasteiger partial charge on any atom is 0.263 e. The molecule has 144 valence electrons. The van der Waals surface area contributed by atoms with Crippen LogP contribution in [0.3, 0.4) is 0 Å². The van der Waals surface area contributed by atoms with Gasteiger partial charge in [-0.15, -0.1) is 0 Å². The highest BCUT2D eigenvalue weighted by Crippen LogP contribution is 2.34. The third-order valence-electron chi connectivity index (χ3n) is 4.09. The maximum atomic E-state index is 12.4. The van der Waals surface area contributed by atoms with Gasteiger partial charge in [0.05, 0.1) is 25.0 Å². The third-order valence-corrected chi connectivity index (χ3v) is 5.23. The highest BCUT2D eigenvalue weighted by Gasteiger charge is 2.34. The molecule has 0 radical (unpaired) electrons. The summed E-state index contributed by atoms with van der Waals surface area (Å²) in [6.07, 6.45) is 0.188. The number of carbonyl (C=O) groups excluding carboxylic acids is 1. The van der Waals surface area contributed by atoms with E-state index in [9.17, 15) is 13.2 Å². The highest BCUT2D eigenvalue weighted by molar-refractivity contribution is 7.92. The molecule has 0 saturated carbocycles. The molecule has 0 saturated heterocycles. The van der Waals surface area contributed by atoms with Crippen molar-refractivity contribution in [3.63, 3.8) is 0 Å². The van der Waals surface area contributed by atoms with Crippen LogP contribution >= 0.6 is 0 Å². The van der Waals surface area contributed by atoms with Gasteiger partial charge in [-0.05, 0) is 36.8 Å². The number of carbonyl (C=O) groups is 1. The van der Waals surface area contributed by atoms with E-state index < -0.39 is 16.1 Å². The number of hydrogen-bond acceptors (Lipinski definition) is 5. The summed E-state index contributed by atoms with van der Waals surface area (Å²) in [4.78, 5) is 12.4. The molecule has 8 heteroatoms. The first kappa shape index (κ1) is 19.0. The molecule has 0 fully saturated rings. The van der Waals surface area contributed by atoms with Crippen LogP contribution in [0.1, 0.15) is 5.56 Å². The zero-order valence-electron chi connectivity index (χ0n) is 15.2. The fourth-order valence-electron chi connectivity index (χ4n) is 2.81. The van der Waals surface area contributed by atoms with Gasteiger partial charge in [0, 0.05) is 0 Å². The molecule has 7 nitrogen and oxygen atoms in total. The lowest BCUT2D eigenvalue weighted by Gasteiger charge is -2.33. The predicted molar refractivity (Wildman–Crippen MR) is 103 cm³/mol. The molecular formula is C19H22N2O5S. The van der Waals surface area contributed by atoms with E-state index in [4.69, 9.17) is 9.47 Å². The van der Waals surface area contributed by atoms with E-state index in [2.05, 4.69) is 5.32 Å². The Morgan fingerprint density at radius 3 is 2.78 bits per heavy atom. The van der Waals surface area contributed by atoms with Gasteiger partial charge in [-0.3, -0.25) is 9.10 Å². The summed E-state index contributed by atoms with van der Waals surface area (Å²) in [7, 11) is -3.52. The van der Waals surface area contributed by atoms with E-state index in [1.54, 1.807) is 24.3 Å². The van der Waals surface area contributed by atoms with Gasteiger partial charge in [-0.25, -0.2) is 8.42 Å². The Kier molecular flexibility index (Phi) is 5.55. The summed E-state index contributed by atoms with van der Waals surface area (Å²) in [5.41, 5.74) is 1.53. The van der Waals surface area contributed by atoms with Crippen molar-refractivity contribution >= 4 is 21.6 Å². The lowest BCUT2D eigenvalue weighted by molar-refractivity contribution is -0.127. The number of sulfonamides is 1. The topological polar surface area (TPSA) is 84.9 Å². The number of anilines is 1.